The molecule has 2 aromatic heterocycles. The van der Waals surface area contributed by atoms with Gasteiger partial charge in [0.2, 0.25) is 5.78 Å². The van der Waals surface area contributed by atoms with Crippen molar-refractivity contribution in [2.45, 2.75) is 114 Å². The molecular formula is C31H43N5O6S. The quantitative estimate of drug-likeness (QED) is 0.188. The summed E-state index contributed by atoms with van der Waals surface area (Å²) in [6, 6.07) is -0.364. The molecule has 2 aromatic rings. The molecule has 234 valence electrons. The summed E-state index contributed by atoms with van der Waals surface area (Å²) < 4.78 is 19.8. The molecule has 11 nitrogen and oxygen atoms in total. The predicted octanol–water partition coefficient (Wildman–Crippen LogP) is 5.36. The SMILES string of the molecule is CSc1nc(C(=O)C2CCC[C@@]3(CCCCC34OCCO4)C2=O)nc2c1cnn2[C@@H](C)[C@@H]1CCCN1C(=O)OC(C)(C)C. The zero-order valence-corrected chi connectivity index (χ0v) is 26.7. The monoisotopic (exact) mass is 613 g/mol. The summed E-state index contributed by atoms with van der Waals surface area (Å²) in [6.45, 7) is 9.15. The van der Waals surface area contributed by atoms with Crippen molar-refractivity contribution in [3.63, 3.8) is 0 Å². The Balaban J connectivity index is 1.32. The van der Waals surface area contributed by atoms with E-state index in [9.17, 15) is 14.4 Å². The molecule has 43 heavy (non-hydrogen) atoms. The number of Topliss-reactive ketones (excluding diaryl/α,β-unsaturated/α-hetero) is 2. The molecule has 1 amide bonds. The molecule has 2 saturated carbocycles. The Morgan fingerprint density at radius 3 is 2.51 bits per heavy atom. The Kier molecular flexibility index (Phi) is 8.08. The molecule has 2 aliphatic carbocycles. The number of rotatable bonds is 5. The van der Waals surface area contributed by atoms with E-state index in [1.807, 2.05) is 34.0 Å². The summed E-state index contributed by atoms with van der Waals surface area (Å²) >= 11 is 1.42. The minimum Gasteiger partial charge on any atom is -0.444 e. The maximum absolute atomic E-state index is 14.3. The van der Waals surface area contributed by atoms with E-state index in [4.69, 9.17) is 19.2 Å². The van der Waals surface area contributed by atoms with Crippen molar-refractivity contribution in [3.05, 3.63) is 12.0 Å². The Labute approximate surface area is 256 Å². The van der Waals surface area contributed by atoms with Crippen molar-refractivity contribution < 1.29 is 28.6 Å². The van der Waals surface area contributed by atoms with Crippen LogP contribution in [-0.2, 0) is 19.0 Å². The van der Waals surface area contributed by atoms with Gasteiger partial charge in [-0.3, -0.25) is 9.59 Å². The fourth-order valence-electron chi connectivity index (χ4n) is 7.79. The highest BCUT2D eigenvalue weighted by Gasteiger charge is 2.63. The van der Waals surface area contributed by atoms with E-state index < -0.39 is 22.7 Å². The molecule has 2 spiro atoms. The fourth-order valence-corrected chi connectivity index (χ4v) is 8.33. The van der Waals surface area contributed by atoms with Gasteiger partial charge in [-0.2, -0.15) is 5.10 Å². The molecule has 1 unspecified atom stereocenters. The third-order valence-corrected chi connectivity index (χ3v) is 10.4. The van der Waals surface area contributed by atoms with Crippen molar-refractivity contribution in [2.75, 3.05) is 26.0 Å². The lowest BCUT2D eigenvalue weighted by atomic mass is 9.57. The zero-order valence-electron chi connectivity index (χ0n) is 25.9. The van der Waals surface area contributed by atoms with E-state index in [1.165, 1.54) is 11.8 Å². The number of fused-ring (bicyclic) bond motifs is 2. The molecule has 4 aliphatic rings. The molecule has 2 aliphatic heterocycles. The van der Waals surface area contributed by atoms with Crippen molar-refractivity contribution in [3.8, 4) is 0 Å². The molecule has 6 rings (SSSR count). The predicted molar refractivity (Wildman–Crippen MR) is 160 cm³/mol. The van der Waals surface area contributed by atoms with Crippen molar-refractivity contribution in [1.29, 1.82) is 0 Å². The molecule has 0 bridgehead atoms. The van der Waals surface area contributed by atoms with E-state index >= 15 is 0 Å². The van der Waals surface area contributed by atoms with Crippen LogP contribution >= 0.6 is 11.8 Å². The van der Waals surface area contributed by atoms with E-state index in [1.54, 1.807) is 15.8 Å². The Hall–Kier alpha value is -2.57. The number of aromatic nitrogens is 4. The second kappa shape index (κ2) is 11.4. The molecule has 0 N–H and O–H groups in total. The Morgan fingerprint density at radius 2 is 1.79 bits per heavy atom. The summed E-state index contributed by atoms with van der Waals surface area (Å²) in [5, 5.41) is 6.05. The van der Waals surface area contributed by atoms with Crippen LogP contribution in [0.1, 0.15) is 102 Å². The van der Waals surface area contributed by atoms with E-state index in [0.717, 1.165) is 37.5 Å². The second-order valence-electron chi connectivity index (χ2n) is 13.4. The highest BCUT2D eigenvalue weighted by atomic mass is 32.2. The van der Waals surface area contributed by atoms with E-state index in [-0.39, 0.29) is 35.6 Å². The minimum absolute atomic E-state index is 0.0368. The average Bonchev–Trinajstić information content (AvgIpc) is 3.74. The first-order valence-corrected chi connectivity index (χ1v) is 16.9. The van der Waals surface area contributed by atoms with Crippen LogP contribution in [0.2, 0.25) is 0 Å². The summed E-state index contributed by atoms with van der Waals surface area (Å²) in [5.41, 5.74) is -0.874. The van der Waals surface area contributed by atoms with Gasteiger partial charge in [0, 0.05) is 13.0 Å². The number of ether oxygens (including phenoxy) is 3. The number of ketones is 2. The fraction of sp³-hybridized carbons (Fsp3) is 0.742. The standard InChI is InChI=1S/C31H43N5O6S/c1-19(22-11-9-15-35(22)28(39)42-29(2,3)4)36-26-21(18-32-36)27(43-5)34-25(33-26)23(37)20-10-8-13-30(24(20)38)12-6-7-14-31(30)40-16-17-41-31/h18-20,22H,6-17H2,1-5H3/t19-,20?,22-,30-/m0/s1. The van der Waals surface area contributed by atoms with Gasteiger partial charge in [-0.25, -0.2) is 19.4 Å². The number of carbonyl (C=O) groups excluding carboxylic acids is 3. The van der Waals surface area contributed by atoms with Gasteiger partial charge in [0.05, 0.1) is 48.2 Å². The highest BCUT2D eigenvalue weighted by Crippen LogP contribution is 2.56. The number of hydrogen-bond donors (Lipinski definition) is 0. The van der Waals surface area contributed by atoms with Gasteiger partial charge in [0.25, 0.3) is 0 Å². The average molecular weight is 614 g/mol. The Morgan fingerprint density at radius 1 is 1.07 bits per heavy atom. The second-order valence-corrected chi connectivity index (χ2v) is 14.2. The van der Waals surface area contributed by atoms with Crippen LogP contribution in [-0.4, -0.2) is 85.8 Å². The topological polar surface area (TPSA) is 126 Å². The van der Waals surface area contributed by atoms with Gasteiger partial charge in [-0.1, -0.05) is 12.8 Å². The number of thioether (sulfide) groups is 1. The number of hydrogen-bond acceptors (Lipinski definition) is 10. The van der Waals surface area contributed by atoms with Crippen LogP contribution in [0.5, 0.6) is 0 Å². The molecular weight excluding hydrogens is 570 g/mol. The normalized spacial score (nSPS) is 28.2. The first-order valence-electron chi connectivity index (χ1n) is 15.7. The molecule has 2 saturated heterocycles. The zero-order chi connectivity index (χ0) is 30.6. The van der Waals surface area contributed by atoms with Crippen LogP contribution < -0.4 is 0 Å². The van der Waals surface area contributed by atoms with Gasteiger partial charge in [-0.15, -0.1) is 11.8 Å². The van der Waals surface area contributed by atoms with Crippen LogP contribution in [0, 0.1) is 11.3 Å². The van der Waals surface area contributed by atoms with Crippen molar-refractivity contribution in [1.82, 2.24) is 24.6 Å². The summed E-state index contributed by atoms with van der Waals surface area (Å²) in [6.07, 6.45) is 10.0. The van der Waals surface area contributed by atoms with Gasteiger partial charge in [-0.05, 0) is 72.5 Å². The van der Waals surface area contributed by atoms with Gasteiger partial charge in [0.15, 0.2) is 23.0 Å². The number of nitrogens with zero attached hydrogens (tertiary/aromatic N) is 5. The smallest absolute Gasteiger partial charge is 0.410 e. The summed E-state index contributed by atoms with van der Waals surface area (Å²) in [7, 11) is 0. The molecule has 0 radical (unpaired) electrons. The first kappa shape index (κ1) is 30.5. The van der Waals surface area contributed by atoms with Gasteiger partial charge < -0.3 is 19.1 Å². The van der Waals surface area contributed by atoms with Crippen LogP contribution in [0.25, 0.3) is 11.0 Å². The van der Waals surface area contributed by atoms with Gasteiger partial charge >= 0.3 is 6.09 Å². The minimum atomic E-state index is -0.925. The molecule has 12 heteroatoms. The first-order chi connectivity index (χ1) is 20.5. The molecule has 0 aromatic carbocycles. The van der Waals surface area contributed by atoms with Crippen molar-refractivity contribution >= 4 is 40.5 Å². The number of carbonyl (C=O) groups is 3. The third-order valence-electron chi connectivity index (χ3n) is 9.75. The van der Waals surface area contributed by atoms with E-state index in [0.29, 0.717) is 56.1 Å². The lowest BCUT2D eigenvalue weighted by molar-refractivity contribution is -0.255. The molecule has 4 fully saturated rings. The van der Waals surface area contributed by atoms with Crippen LogP contribution in [0.15, 0.2) is 11.2 Å². The maximum atomic E-state index is 14.3. The number of likely N-dealkylation sites (tertiary alicyclic amines) is 1. The van der Waals surface area contributed by atoms with Crippen LogP contribution in [0.3, 0.4) is 0 Å². The number of amides is 1. The van der Waals surface area contributed by atoms with Crippen LogP contribution in [0.4, 0.5) is 4.79 Å². The van der Waals surface area contributed by atoms with Gasteiger partial charge in [0.1, 0.15) is 10.6 Å². The molecule has 4 heterocycles. The van der Waals surface area contributed by atoms with Crippen molar-refractivity contribution in [2.24, 2.45) is 11.3 Å². The largest absolute Gasteiger partial charge is 0.444 e. The molecule has 4 atom stereocenters. The Bertz CT molecular complexity index is 1410. The maximum Gasteiger partial charge on any atom is 0.410 e. The summed E-state index contributed by atoms with van der Waals surface area (Å²) in [4.78, 5) is 52.7. The van der Waals surface area contributed by atoms with E-state index in [2.05, 4.69) is 10.1 Å². The summed E-state index contributed by atoms with van der Waals surface area (Å²) in [5.74, 6) is -2.16. The third kappa shape index (κ3) is 5.16. The lowest BCUT2D eigenvalue weighted by Crippen LogP contribution is -2.60. The lowest BCUT2D eigenvalue weighted by Gasteiger charge is -2.51. The highest BCUT2D eigenvalue weighted by molar-refractivity contribution is 7.98.